The van der Waals surface area contributed by atoms with E-state index in [-0.39, 0.29) is 41.9 Å². The molecular formula is C26H40N4O9SSi. The molecule has 3 N–H and O–H groups in total. The first-order valence-electron chi connectivity index (χ1n) is 13.2. The molecule has 1 aliphatic heterocycles. The summed E-state index contributed by atoms with van der Waals surface area (Å²) in [4.78, 5) is 59.9. The van der Waals surface area contributed by atoms with Gasteiger partial charge in [-0.15, -0.1) is 11.8 Å². The van der Waals surface area contributed by atoms with Crippen molar-refractivity contribution < 1.29 is 38.4 Å². The van der Waals surface area contributed by atoms with Crippen molar-refractivity contribution in [3.8, 4) is 0 Å². The number of ether oxygens (including phenoxy) is 1. The van der Waals surface area contributed by atoms with Crippen LogP contribution in [-0.4, -0.2) is 89.9 Å². The van der Waals surface area contributed by atoms with E-state index >= 15 is 0 Å². The van der Waals surface area contributed by atoms with Crippen molar-refractivity contribution in [2.45, 2.75) is 76.3 Å². The molecule has 228 valence electrons. The van der Waals surface area contributed by atoms with Gasteiger partial charge in [0, 0.05) is 30.5 Å². The lowest BCUT2D eigenvalue weighted by Crippen LogP contribution is -2.45. The van der Waals surface area contributed by atoms with Gasteiger partial charge in [0.15, 0.2) is 8.32 Å². The molecule has 0 aromatic heterocycles. The number of nitrogens with zero attached hydrogens (tertiary/aromatic N) is 2. The van der Waals surface area contributed by atoms with Crippen LogP contribution < -0.4 is 10.6 Å². The molecule has 13 nitrogen and oxygen atoms in total. The van der Waals surface area contributed by atoms with Gasteiger partial charge < -0.3 is 29.8 Å². The molecule has 1 aliphatic rings. The summed E-state index contributed by atoms with van der Waals surface area (Å²) in [7, 11) is -2.13. The third-order valence-electron chi connectivity index (χ3n) is 7.16. The normalized spacial score (nSPS) is 18.0. The molecule has 0 saturated carbocycles. The van der Waals surface area contributed by atoms with Gasteiger partial charge in [0.2, 0.25) is 11.8 Å². The highest BCUT2D eigenvalue weighted by Gasteiger charge is 2.44. The fraction of sp³-hybridized carbons (Fsp3) is 0.615. The van der Waals surface area contributed by atoms with Crippen molar-refractivity contribution in [1.29, 1.82) is 0 Å². The van der Waals surface area contributed by atoms with Gasteiger partial charge in [0.25, 0.3) is 5.69 Å². The Morgan fingerprint density at radius 3 is 2.37 bits per heavy atom. The topological polar surface area (TPSA) is 177 Å². The van der Waals surface area contributed by atoms with Gasteiger partial charge >= 0.3 is 12.1 Å². The Hall–Kier alpha value is -3.17. The fourth-order valence-corrected chi connectivity index (χ4v) is 6.17. The average molecular weight is 613 g/mol. The van der Waals surface area contributed by atoms with Gasteiger partial charge in [-0.05, 0) is 49.2 Å². The van der Waals surface area contributed by atoms with Crippen LogP contribution in [0.25, 0.3) is 0 Å². The second-order valence-corrected chi connectivity index (χ2v) is 17.5. The van der Waals surface area contributed by atoms with Crippen LogP contribution in [0, 0.1) is 10.1 Å². The van der Waals surface area contributed by atoms with Gasteiger partial charge in [0.1, 0.15) is 13.2 Å². The van der Waals surface area contributed by atoms with Crippen molar-refractivity contribution in [2.24, 2.45) is 0 Å². The number of carbonyl (C=O) groups is 4. The summed E-state index contributed by atoms with van der Waals surface area (Å²) in [5.74, 6) is -1.76. The second kappa shape index (κ2) is 14.6. The zero-order valence-corrected chi connectivity index (χ0v) is 26.1. The molecule has 41 heavy (non-hydrogen) atoms. The first-order chi connectivity index (χ1) is 19.0. The molecule has 15 heteroatoms. The van der Waals surface area contributed by atoms with Crippen molar-refractivity contribution in [1.82, 2.24) is 15.5 Å². The number of hydrogen-bond donors (Lipinski definition) is 3. The van der Waals surface area contributed by atoms with E-state index in [1.54, 1.807) is 11.8 Å². The van der Waals surface area contributed by atoms with Gasteiger partial charge in [-0.1, -0.05) is 20.8 Å². The number of rotatable bonds is 13. The minimum absolute atomic E-state index is 0.0234. The van der Waals surface area contributed by atoms with Crippen molar-refractivity contribution in [2.75, 3.05) is 25.4 Å². The number of hydrogen-bond acceptors (Lipinski definition) is 9. The number of nitrogens with one attached hydrogen (secondary N) is 2. The Morgan fingerprint density at radius 2 is 1.80 bits per heavy atom. The lowest BCUT2D eigenvalue weighted by molar-refractivity contribution is -0.384. The lowest BCUT2D eigenvalue weighted by Gasteiger charge is -2.38. The van der Waals surface area contributed by atoms with E-state index in [0.29, 0.717) is 24.3 Å². The Bertz CT molecular complexity index is 1110. The number of aliphatic carboxylic acids is 1. The minimum Gasteiger partial charge on any atom is -0.480 e. The maximum atomic E-state index is 13.2. The third kappa shape index (κ3) is 10.6. The molecule has 0 spiro atoms. The number of amides is 3. The predicted octanol–water partition coefficient (Wildman–Crippen LogP) is 3.13. The first kappa shape index (κ1) is 34.0. The maximum absolute atomic E-state index is 13.2. The van der Waals surface area contributed by atoms with Crippen LogP contribution in [0.4, 0.5) is 10.5 Å². The zero-order chi connectivity index (χ0) is 31.0. The number of nitro benzene ring substituents is 1. The summed E-state index contributed by atoms with van der Waals surface area (Å²) in [6, 6.07) is 5.50. The number of benzene rings is 1. The third-order valence-corrected chi connectivity index (χ3v) is 13.0. The molecule has 1 heterocycles. The van der Waals surface area contributed by atoms with E-state index in [1.807, 2.05) is 0 Å². The highest BCUT2D eigenvalue weighted by atomic mass is 32.2. The molecule has 0 bridgehead atoms. The Labute approximate surface area is 245 Å². The second-order valence-electron chi connectivity index (χ2n) is 11.4. The van der Waals surface area contributed by atoms with Crippen LogP contribution in [-0.2, 0) is 30.2 Å². The molecule has 2 rings (SSSR count). The number of thioether (sulfide) groups is 1. The van der Waals surface area contributed by atoms with E-state index in [4.69, 9.17) is 14.3 Å². The molecule has 1 aromatic rings. The van der Waals surface area contributed by atoms with Crippen molar-refractivity contribution in [3.63, 3.8) is 0 Å². The molecule has 3 amide bonds. The van der Waals surface area contributed by atoms with E-state index in [0.717, 1.165) is 0 Å². The number of carboxylic acids is 1. The van der Waals surface area contributed by atoms with Crippen molar-refractivity contribution >= 4 is 49.6 Å². The van der Waals surface area contributed by atoms with Crippen LogP contribution >= 0.6 is 11.8 Å². The number of carbonyl (C=O) groups excluding carboxylic acids is 3. The minimum atomic E-state index is -2.13. The van der Waals surface area contributed by atoms with Crippen LogP contribution in [0.5, 0.6) is 0 Å². The van der Waals surface area contributed by atoms with Crippen LogP contribution in [0.2, 0.25) is 18.1 Å². The quantitative estimate of drug-likeness (QED) is 0.170. The largest absolute Gasteiger partial charge is 0.480 e. The van der Waals surface area contributed by atoms with Gasteiger partial charge in [-0.2, -0.15) is 0 Å². The molecule has 1 aromatic carbocycles. The molecule has 1 saturated heterocycles. The number of likely N-dealkylation sites (tertiary alicyclic amines) is 1. The molecular weight excluding hydrogens is 572 g/mol. The highest BCUT2D eigenvalue weighted by molar-refractivity contribution is 8.00. The van der Waals surface area contributed by atoms with Crippen LogP contribution in [0.3, 0.4) is 0 Å². The summed E-state index contributed by atoms with van der Waals surface area (Å²) >= 11 is 1.32. The molecule has 3 atom stereocenters. The SMILES string of the molecule is CC(SC[C@@H]1C[C@H](O[Si](C)(C)C(C)(C)C)CN1C(=O)OCc1ccc([N+](=O)[O-])cc1)C(=O)NCC(=O)NCC(=O)O. The summed E-state index contributed by atoms with van der Waals surface area (Å²) < 4.78 is 12.1. The Morgan fingerprint density at radius 1 is 1.17 bits per heavy atom. The maximum Gasteiger partial charge on any atom is 0.410 e. The smallest absolute Gasteiger partial charge is 0.410 e. The molecule has 0 aliphatic carbocycles. The Kier molecular flexibility index (Phi) is 12.1. The van der Waals surface area contributed by atoms with E-state index in [9.17, 15) is 29.3 Å². The number of non-ortho nitro benzene ring substituents is 1. The summed E-state index contributed by atoms with van der Waals surface area (Å²) in [6.07, 6.45) is -0.170. The summed E-state index contributed by atoms with van der Waals surface area (Å²) in [5, 5.41) is 23.6. The number of nitro groups is 1. The van der Waals surface area contributed by atoms with Crippen molar-refractivity contribution in [3.05, 3.63) is 39.9 Å². The summed E-state index contributed by atoms with van der Waals surface area (Å²) in [5.41, 5.74) is 0.558. The summed E-state index contributed by atoms with van der Waals surface area (Å²) in [6.45, 7) is 11.8. The monoisotopic (exact) mass is 612 g/mol. The molecule has 1 unspecified atom stereocenters. The van der Waals surface area contributed by atoms with Gasteiger partial charge in [-0.25, -0.2) is 4.79 Å². The van der Waals surface area contributed by atoms with Crippen LogP contribution in [0.1, 0.15) is 39.7 Å². The van der Waals surface area contributed by atoms with E-state index < -0.39 is 43.0 Å². The zero-order valence-electron chi connectivity index (χ0n) is 24.3. The van der Waals surface area contributed by atoms with Gasteiger partial charge in [-0.3, -0.25) is 24.5 Å². The average Bonchev–Trinajstić information content (AvgIpc) is 3.29. The van der Waals surface area contributed by atoms with E-state index in [1.165, 1.54) is 36.0 Å². The van der Waals surface area contributed by atoms with Crippen LogP contribution in [0.15, 0.2) is 24.3 Å². The first-order valence-corrected chi connectivity index (χ1v) is 17.2. The molecule has 1 fully saturated rings. The fourth-order valence-electron chi connectivity index (χ4n) is 3.75. The number of carboxylic acid groups (broad SMARTS) is 1. The van der Waals surface area contributed by atoms with E-state index in [2.05, 4.69) is 44.5 Å². The highest BCUT2D eigenvalue weighted by Crippen LogP contribution is 2.39. The Balaban J connectivity index is 2.02. The molecule has 0 radical (unpaired) electrons. The predicted molar refractivity (Wildman–Crippen MR) is 156 cm³/mol. The van der Waals surface area contributed by atoms with Gasteiger partial charge in [0.05, 0.1) is 22.8 Å². The lowest BCUT2D eigenvalue weighted by atomic mass is 10.2. The standard InChI is InChI=1S/C26H40N4O9SSi/c1-17(24(34)28-12-22(31)27-13-23(32)33)40-16-20-11-21(39-41(5,6)26(2,3)4)14-29(20)25(35)38-15-18-7-9-19(10-8-18)30(36)37/h7-10,17,20-21H,11-16H2,1-6H3,(H,27,31)(H,28,34)(H,32,33)/t17?,20-,21-/m0/s1.